The summed E-state index contributed by atoms with van der Waals surface area (Å²) in [4.78, 5) is 48.2. The van der Waals surface area contributed by atoms with Gasteiger partial charge < -0.3 is 15.8 Å². The topological polar surface area (TPSA) is 131 Å². The van der Waals surface area contributed by atoms with Crippen LogP contribution in [0.25, 0.3) is 0 Å². The molecule has 0 aromatic heterocycles. The van der Waals surface area contributed by atoms with Crippen LogP contribution >= 0.6 is 11.6 Å². The molecule has 0 saturated carbocycles. The molecule has 0 radical (unpaired) electrons. The third-order valence-electron chi connectivity index (χ3n) is 3.96. The zero-order valence-corrected chi connectivity index (χ0v) is 18.1. The number of carbonyl (C=O) groups excluding carboxylic acids is 4. The lowest BCUT2D eigenvalue weighted by atomic mass is 10.0. The van der Waals surface area contributed by atoms with Gasteiger partial charge in [0.05, 0.1) is 6.54 Å². The third-order valence-corrected chi connectivity index (χ3v) is 4.15. The lowest BCUT2D eigenvalue weighted by Gasteiger charge is -2.27. The molecule has 0 saturated heterocycles. The number of carbonyl (C=O) groups is 4. The fourth-order valence-electron chi connectivity index (χ4n) is 2.48. The Labute approximate surface area is 181 Å². The van der Waals surface area contributed by atoms with Crippen LogP contribution in [0.3, 0.4) is 0 Å². The number of hydrazine groups is 1. The van der Waals surface area contributed by atoms with Crippen LogP contribution in [0.15, 0.2) is 30.3 Å². The van der Waals surface area contributed by atoms with Crippen LogP contribution in [0.2, 0.25) is 0 Å². The molecule has 0 bridgehead atoms. The highest BCUT2D eigenvalue weighted by atomic mass is 35.5. The van der Waals surface area contributed by atoms with Crippen LogP contribution in [0.5, 0.6) is 0 Å². The van der Waals surface area contributed by atoms with E-state index >= 15 is 0 Å². The van der Waals surface area contributed by atoms with Gasteiger partial charge in [-0.15, -0.1) is 11.6 Å². The highest BCUT2D eigenvalue weighted by Crippen LogP contribution is 2.08. The minimum atomic E-state index is -0.956. The van der Waals surface area contributed by atoms with Gasteiger partial charge in [0, 0.05) is 6.42 Å². The fraction of sp³-hybridized carbons (Fsp3) is 0.500. The quantitative estimate of drug-likeness (QED) is 0.376. The van der Waals surface area contributed by atoms with Crippen molar-refractivity contribution in [2.45, 2.75) is 51.6 Å². The zero-order valence-electron chi connectivity index (χ0n) is 17.4. The summed E-state index contributed by atoms with van der Waals surface area (Å²) in [5.74, 6) is -1.79. The molecule has 30 heavy (non-hydrogen) atoms. The molecule has 0 aliphatic heterocycles. The Hall–Kier alpha value is -2.81. The standard InChI is InChI=1S/C20H29ClN4O5/c1-13(2)11-16(23-20(29)30-12-15-7-5-4-6-8-15)18(27)24-25(10-9-17(22)26)19(28)14(3)21/h4-8,13-14,16H,9-12H2,1-3H3,(H2,22,26)(H,23,29)(H,24,27)/t14?,16-/m1/s1. The van der Waals surface area contributed by atoms with Crippen LogP contribution in [0, 0.1) is 5.92 Å². The number of halogens is 1. The highest BCUT2D eigenvalue weighted by molar-refractivity contribution is 6.30. The van der Waals surface area contributed by atoms with E-state index in [1.807, 2.05) is 32.0 Å². The lowest BCUT2D eigenvalue weighted by Crippen LogP contribution is -2.56. The summed E-state index contributed by atoms with van der Waals surface area (Å²) in [6.45, 7) is 5.12. The Morgan fingerprint density at radius 1 is 1.13 bits per heavy atom. The van der Waals surface area contributed by atoms with Crippen molar-refractivity contribution in [2.75, 3.05) is 6.54 Å². The molecular weight excluding hydrogens is 412 g/mol. The Kier molecular flexibility index (Phi) is 10.7. The summed E-state index contributed by atoms with van der Waals surface area (Å²) in [6.07, 6.45) is -0.613. The SMILES string of the molecule is CC(C)C[C@@H](NC(=O)OCc1ccccc1)C(=O)NN(CCC(N)=O)C(=O)C(C)Cl. The van der Waals surface area contributed by atoms with Gasteiger partial charge in [0.1, 0.15) is 18.0 Å². The molecule has 10 heteroatoms. The predicted octanol–water partition coefficient (Wildman–Crippen LogP) is 1.69. The number of alkyl carbamates (subject to hydrolysis) is 1. The molecule has 0 aliphatic rings. The van der Waals surface area contributed by atoms with Crippen LogP contribution in [-0.4, -0.2) is 46.8 Å². The maximum atomic E-state index is 12.7. The van der Waals surface area contributed by atoms with Crippen molar-refractivity contribution in [3.8, 4) is 0 Å². The molecule has 9 nitrogen and oxygen atoms in total. The van der Waals surface area contributed by atoms with E-state index in [1.54, 1.807) is 12.1 Å². The van der Waals surface area contributed by atoms with Crippen LogP contribution in [-0.2, 0) is 25.7 Å². The summed E-state index contributed by atoms with van der Waals surface area (Å²) >= 11 is 5.82. The van der Waals surface area contributed by atoms with Gasteiger partial charge in [-0.05, 0) is 24.8 Å². The van der Waals surface area contributed by atoms with Crippen molar-refractivity contribution < 1.29 is 23.9 Å². The van der Waals surface area contributed by atoms with Crippen LogP contribution < -0.4 is 16.5 Å². The van der Waals surface area contributed by atoms with Crippen LogP contribution in [0.1, 0.15) is 39.2 Å². The molecule has 4 amide bonds. The molecule has 0 heterocycles. The average molecular weight is 441 g/mol. The minimum absolute atomic E-state index is 0.0513. The molecule has 0 aliphatic carbocycles. The van der Waals surface area contributed by atoms with Crippen molar-refractivity contribution in [1.29, 1.82) is 0 Å². The lowest BCUT2D eigenvalue weighted by molar-refractivity contribution is -0.142. The second-order valence-electron chi connectivity index (χ2n) is 7.19. The number of alkyl halides is 1. The van der Waals surface area contributed by atoms with Gasteiger partial charge in [-0.2, -0.15) is 0 Å². The third kappa shape index (κ3) is 9.60. The Morgan fingerprint density at radius 2 is 1.77 bits per heavy atom. The second kappa shape index (κ2) is 12.7. The molecule has 1 rings (SSSR count). The smallest absolute Gasteiger partial charge is 0.408 e. The average Bonchev–Trinajstić information content (AvgIpc) is 2.68. The van der Waals surface area contributed by atoms with E-state index in [-0.39, 0.29) is 25.5 Å². The predicted molar refractivity (Wildman–Crippen MR) is 112 cm³/mol. The molecular formula is C20H29ClN4O5. The van der Waals surface area contributed by atoms with Crippen molar-refractivity contribution >= 4 is 35.4 Å². The monoisotopic (exact) mass is 440 g/mol. The Morgan fingerprint density at radius 3 is 2.30 bits per heavy atom. The number of ether oxygens (including phenoxy) is 1. The fourth-order valence-corrected chi connectivity index (χ4v) is 2.60. The molecule has 1 aromatic rings. The number of hydrogen-bond donors (Lipinski definition) is 3. The van der Waals surface area contributed by atoms with Gasteiger partial charge in [0.2, 0.25) is 5.91 Å². The Balaban J connectivity index is 2.78. The first-order chi connectivity index (χ1) is 14.1. The van der Waals surface area contributed by atoms with E-state index in [2.05, 4.69) is 10.7 Å². The first-order valence-electron chi connectivity index (χ1n) is 9.61. The van der Waals surface area contributed by atoms with Gasteiger partial charge in [-0.25, -0.2) is 4.79 Å². The van der Waals surface area contributed by atoms with Crippen molar-refractivity contribution in [3.05, 3.63) is 35.9 Å². The van der Waals surface area contributed by atoms with Crippen LogP contribution in [0.4, 0.5) is 4.79 Å². The van der Waals surface area contributed by atoms with Crippen molar-refractivity contribution in [3.63, 3.8) is 0 Å². The molecule has 1 aromatic carbocycles. The summed E-state index contributed by atoms with van der Waals surface area (Å²) in [5, 5.41) is 2.54. The second-order valence-corrected chi connectivity index (χ2v) is 7.84. The van der Waals surface area contributed by atoms with E-state index in [0.29, 0.717) is 6.42 Å². The molecule has 166 valence electrons. The van der Waals surface area contributed by atoms with Gasteiger partial charge in [-0.3, -0.25) is 24.8 Å². The van der Waals surface area contributed by atoms with E-state index < -0.39 is 35.2 Å². The maximum absolute atomic E-state index is 12.7. The van der Waals surface area contributed by atoms with Crippen molar-refractivity contribution in [2.24, 2.45) is 11.7 Å². The van der Waals surface area contributed by atoms with E-state index in [0.717, 1.165) is 10.6 Å². The number of amides is 4. The number of hydrogen-bond acceptors (Lipinski definition) is 5. The van der Waals surface area contributed by atoms with E-state index in [1.165, 1.54) is 6.92 Å². The first kappa shape index (κ1) is 25.2. The molecule has 0 fully saturated rings. The number of benzene rings is 1. The number of primary amides is 1. The number of nitrogens with one attached hydrogen (secondary N) is 2. The number of nitrogens with two attached hydrogens (primary N) is 1. The van der Waals surface area contributed by atoms with Crippen molar-refractivity contribution in [1.82, 2.24) is 15.8 Å². The normalized spacial score (nSPS) is 12.6. The van der Waals surface area contributed by atoms with E-state index in [4.69, 9.17) is 22.1 Å². The summed E-state index contributed by atoms with van der Waals surface area (Å²) < 4.78 is 5.17. The van der Waals surface area contributed by atoms with Gasteiger partial charge in [-0.1, -0.05) is 44.2 Å². The highest BCUT2D eigenvalue weighted by Gasteiger charge is 2.27. The first-order valence-corrected chi connectivity index (χ1v) is 10.0. The number of rotatable bonds is 10. The maximum Gasteiger partial charge on any atom is 0.408 e. The summed E-state index contributed by atoms with van der Waals surface area (Å²) in [5.41, 5.74) is 8.35. The van der Waals surface area contributed by atoms with Gasteiger partial charge >= 0.3 is 6.09 Å². The largest absolute Gasteiger partial charge is 0.445 e. The van der Waals surface area contributed by atoms with Gasteiger partial charge in [0.15, 0.2) is 0 Å². The minimum Gasteiger partial charge on any atom is -0.445 e. The molecule has 2 atom stereocenters. The number of nitrogens with zero attached hydrogens (tertiary/aromatic N) is 1. The summed E-state index contributed by atoms with van der Waals surface area (Å²) in [6, 6.07) is 8.15. The molecule has 4 N–H and O–H groups in total. The molecule has 0 spiro atoms. The zero-order chi connectivity index (χ0) is 22.7. The van der Waals surface area contributed by atoms with Gasteiger partial charge in [0.25, 0.3) is 11.8 Å². The van der Waals surface area contributed by atoms with E-state index in [9.17, 15) is 19.2 Å². The summed E-state index contributed by atoms with van der Waals surface area (Å²) in [7, 11) is 0. The molecule has 1 unspecified atom stereocenters. The Bertz CT molecular complexity index is 727.